The van der Waals surface area contributed by atoms with Gasteiger partial charge in [0.15, 0.2) is 0 Å². The van der Waals surface area contributed by atoms with E-state index < -0.39 is 0 Å². The zero-order chi connectivity index (χ0) is 16.3. The molecular weight excluding hydrogens is 321 g/mol. The summed E-state index contributed by atoms with van der Waals surface area (Å²) in [5, 5.41) is 2.87. The molecule has 0 radical (unpaired) electrons. The second-order valence-corrected chi connectivity index (χ2v) is 14.4. The van der Waals surface area contributed by atoms with Crippen molar-refractivity contribution in [1.82, 2.24) is 0 Å². The molecule has 0 amide bonds. The first-order valence-corrected chi connectivity index (χ1v) is 15.1. The second-order valence-electron chi connectivity index (χ2n) is 7.02. The molecule has 0 aliphatic rings. The normalized spacial score (nSPS) is 12.0. The molecule has 0 unspecified atom stereocenters. The van der Waals surface area contributed by atoms with Crippen molar-refractivity contribution in [2.24, 2.45) is 0 Å². The van der Waals surface area contributed by atoms with E-state index in [0.717, 1.165) is 0 Å². The lowest BCUT2D eigenvalue weighted by Crippen LogP contribution is -1.94. The third-order valence-corrected chi connectivity index (χ3v) is 6.64. The molecule has 0 saturated heterocycles. The monoisotopic (exact) mass is 350 g/mol. The summed E-state index contributed by atoms with van der Waals surface area (Å²) in [4.78, 5) is 0. The molecule has 0 aliphatic heterocycles. The van der Waals surface area contributed by atoms with Crippen LogP contribution >= 0.6 is 23.8 Å². The Bertz CT molecular complexity index is 630. The number of hydrogen-bond acceptors (Lipinski definition) is 0. The number of rotatable bonds is 6. The van der Waals surface area contributed by atoms with Crippen LogP contribution in [-0.2, 0) is 18.5 Å². The summed E-state index contributed by atoms with van der Waals surface area (Å²) in [6, 6.07) is 12.1. The molecular formula is C19H29P3. The van der Waals surface area contributed by atoms with E-state index in [4.69, 9.17) is 0 Å². The standard InChI is InChI=1S/C19H29P3/c1-20(2)12-15-7-8-16-10-18(13-21(3)4)19(14-22(5)6)11-17(16)9-15/h7-11H,12-14H2,1-6H3. The van der Waals surface area contributed by atoms with E-state index >= 15 is 0 Å². The van der Waals surface area contributed by atoms with Crippen LogP contribution < -0.4 is 0 Å². The SMILES string of the molecule is CP(C)Cc1ccc2cc(CP(C)C)c(CP(C)C)cc2c1. The summed E-state index contributed by atoms with van der Waals surface area (Å²) in [5.74, 6) is 0. The summed E-state index contributed by atoms with van der Waals surface area (Å²) >= 11 is 0. The highest BCUT2D eigenvalue weighted by Gasteiger charge is 2.09. The van der Waals surface area contributed by atoms with Crippen molar-refractivity contribution in [3.05, 3.63) is 47.0 Å². The summed E-state index contributed by atoms with van der Waals surface area (Å²) in [6.45, 7) is 14.3. The van der Waals surface area contributed by atoms with Gasteiger partial charge in [0, 0.05) is 0 Å². The Morgan fingerprint density at radius 1 is 0.591 bits per heavy atom. The van der Waals surface area contributed by atoms with Gasteiger partial charge >= 0.3 is 0 Å². The number of benzene rings is 2. The van der Waals surface area contributed by atoms with Crippen LogP contribution in [0.2, 0.25) is 0 Å². The first-order valence-electron chi connectivity index (χ1n) is 7.84. The van der Waals surface area contributed by atoms with Crippen LogP contribution in [0.3, 0.4) is 0 Å². The summed E-state index contributed by atoms with van der Waals surface area (Å²) in [7, 11) is 0.368. The van der Waals surface area contributed by atoms with Crippen molar-refractivity contribution >= 4 is 34.5 Å². The van der Waals surface area contributed by atoms with Crippen LogP contribution in [-0.4, -0.2) is 40.0 Å². The molecule has 0 aromatic heterocycles. The lowest BCUT2D eigenvalue weighted by atomic mass is 10.0. The van der Waals surface area contributed by atoms with Crippen molar-refractivity contribution in [2.45, 2.75) is 18.5 Å². The Kier molecular flexibility index (Phi) is 6.83. The van der Waals surface area contributed by atoms with Gasteiger partial charge in [-0.25, -0.2) is 0 Å². The Morgan fingerprint density at radius 3 is 1.59 bits per heavy atom. The van der Waals surface area contributed by atoms with Gasteiger partial charge in [0.2, 0.25) is 0 Å². The predicted molar refractivity (Wildman–Crippen MR) is 111 cm³/mol. The Morgan fingerprint density at radius 2 is 1.09 bits per heavy atom. The fourth-order valence-electron chi connectivity index (χ4n) is 2.88. The van der Waals surface area contributed by atoms with Gasteiger partial charge in [-0.2, -0.15) is 0 Å². The number of fused-ring (bicyclic) bond motifs is 1. The summed E-state index contributed by atoms with van der Waals surface area (Å²) in [5.41, 5.74) is 4.71. The molecule has 0 fully saturated rings. The molecule has 0 heterocycles. The summed E-state index contributed by atoms with van der Waals surface area (Å²) in [6.07, 6.45) is 3.77. The molecule has 0 atom stereocenters. The minimum atomic E-state index is 0.115. The molecule has 2 rings (SSSR count). The van der Waals surface area contributed by atoms with Crippen molar-refractivity contribution in [3.8, 4) is 0 Å². The van der Waals surface area contributed by atoms with Crippen LogP contribution in [0, 0.1) is 0 Å². The molecule has 2 aromatic carbocycles. The van der Waals surface area contributed by atoms with Crippen LogP contribution in [0.5, 0.6) is 0 Å². The molecule has 0 nitrogen and oxygen atoms in total. The fourth-order valence-corrected chi connectivity index (χ4v) is 5.76. The molecule has 22 heavy (non-hydrogen) atoms. The molecule has 0 aliphatic carbocycles. The van der Waals surface area contributed by atoms with Crippen molar-refractivity contribution in [1.29, 1.82) is 0 Å². The molecule has 120 valence electrons. The maximum atomic E-state index is 2.49. The van der Waals surface area contributed by atoms with Crippen LogP contribution in [0.15, 0.2) is 30.3 Å². The molecule has 0 spiro atoms. The van der Waals surface area contributed by atoms with Crippen molar-refractivity contribution in [3.63, 3.8) is 0 Å². The van der Waals surface area contributed by atoms with Gasteiger partial charge in [-0.15, -0.1) is 23.8 Å². The van der Waals surface area contributed by atoms with Gasteiger partial charge in [-0.3, -0.25) is 0 Å². The number of hydrogen-bond donors (Lipinski definition) is 0. The quantitative estimate of drug-likeness (QED) is 0.517. The smallest absolute Gasteiger partial charge is 0.00749 e. The highest BCUT2D eigenvalue weighted by atomic mass is 31.1. The molecule has 0 saturated carbocycles. The average molecular weight is 350 g/mol. The maximum Gasteiger partial charge on any atom is -0.00749 e. The van der Waals surface area contributed by atoms with Crippen LogP contribution in [0.1, 0.15) is 16.7 Å². The van der Waals surface area contributed by atoms with Gasteiger partial charge < -0.3 is 0 Å². The molecule has 0 bridgehead atoms. The van der Waals surface area contributed by atoms with Gasteiger partial charge in [0.25, 0.3) is 0 Å². The Balaban J connectivity index is 2.46. The summed E-state index contributed by atoms with van der Waals surface area (Å²) < 4.78 is 0. The highest BCUT2D eigenvalue weighted by molar-refractivity contribution is 7.55. The molecule has 3 heteroatoms. The van der Waals surface area contributed by atoms with Crippen LogP contribution in [0.4, 0.5) is 0 Å². The van der Waals surface area contributed by atoms with Gasteiger partial charge in [0.05, 0.1) is 0 Å². The van der Waals surface area contributed by atoms with Crippen molar-refractivity contribution in [2.75, 3.05) is 40.0 Å². The minimum Gasteiger partial charge on any atom is -0.109 e. The fraction of sp³-hybridized carbons (Fsp3) is 0.474. The van der Waals surface area contributed by atoms with E-state index in [0.29, 0.717) is 0 Å². The molecule has 2 aromatic rings. The van der Waals surface area contributed by atoms with Gasteiger partial charge in [-0.1, -0.05) is 30.3 Å². The minimum absolute atomic E-state index is 0.115. The highest BCUT2D eigenvalue weighted by Crippen LogP contribution is 2.39. The average Bonchev–Trinajstić information content (AvgIpc) is 2.37. The van der Waals surface area contributed by atoms with Crippen LogP contribution in [0.25, 0.3) is 10.8 Å². The largest absolute Gasteiger partial charge is 0.109 e. The van der Waals surface area contributed by atoms with Crippen molar-refractivity contribution < 1.29 is 0 Å². The van der Waals surface area contributed by atoms with E-state index in [1.807, 2.05) is 0 Å². The second kappa shape index (κ2) is 8.20. The van der Waals surface area contributed by atoms with Gasteiger partial charge in [0.1, 0.15) is 0 Å². The maximum absolute atomic E-state index is 2.49. The Hall–Kier alpha value is -0.0100. The third-order valence-electron chi connectivity index (χ3n) is 3.70. The topological polar surface area (TPSA) is 0 Å². The van der Waals surface area contributed by atoms with E-state index in [9.17, 15) is 0 Å². The lowest BCUT2D eigenvalue weighted by molar-refractivity contribution is 1.28. The van der Waals surface area contributed by atoms with E-state index in [-0.39, 0.29) is 23.8 Å². The zero-order valence-corrected chi connectivity index (χ0v) is 17.5. The Labute approximate surface area is 140 Å². The lowest BCUT2D eigenvalue weighted by Gasteiger charge is -2.16. The molecule has 0 N–H and O–H groups in total. The first-order chi connectivity index (χ1) is 10.3. The van der Waals surface area contributed by atoms with E-state index in [1.54, 1.807) is 11.1 Å². The third kappa shape index (κ3) is 5.27. The first kappa shape index (κ1) is 18.3. The van der Waals surface area contributed by atoms with E-state index in [2.05, 4.69) is 70.3 Å². The predicted octanol–water partition coefficient (Wildman–Crippen LogP) is 6.56. The van der Waals surface area contributed by atoms with E-state index in [1.165, 1.54) is 34.8 Å². The zero-order valence-electron chi connectivity index (χ0n) is 14.8. The van der Waals surface area contributed by atoms with Gasteiger partial charge in [-0.05, 0) is 85.9 Å².